The number of H-pyrrole nitrogens is 1. The first-order valence-corrected chi connectivity index (χ1v) is 24.2. The predicted octanol–water partition coefficient (Wildman–Crippen LogP) is 7.15. The Morgan fingerprint density at radius 1 is 0.789 bits per heavy atom. The number of hydrogen-bond donors (Lipinski definition) is 5. The van der Waals surface area contributed by atoms with E-state index in [9.17, 15) is 34.5 Å². The van der Waals surface area contributed by atoms with Gasteiger partial charge in [-0.15, -0.1) is 0 Å². The van der Waals surface area contributed by atoms with Gasteiger partial charge in [-0.3, -0.25) is 19.3 Å². The van der Waals surface area contributed by atoms with Gasteiger partial charge in [0, 0.05) is 36.7 Å². The fraction of sp³-hybridized carbons (Fsp3) is 0.357. The van der Waals surface area contributed by atoms with Crippen LogP contribution >= 0.6 is 13.5 Å². The zero-order chi connectivity index (χ0) is 49.0. The number of aryl methyl sites for hydroxylation is 1. The zero-order valence-corrected chi connectivity index (χ0v) is 41.1. The summed E-state index contributed by atoms with van der Waals surface area (Å²) in [6.07, 6.45) is 3.99. The number of phenolic OH excluding ortho intramolecular Hbond substituents is 1. The molecule has 5 N–H and O–H groups in total. The molecule has 374 valence electrons. The smallest absolute Gasteiger partial charge is 0.347 e. The van der Waals surface area contributed by atoms with Crippen LogP contribution in [0.1, 0.15) is 82.8 Å². The van der Waals surface area contributed by atoms with Crippen LogP contribution < -0.4 is 20.3 Å². The molecule has 3 heterocycles. The van der Waals surface area contributed by atoms with Crippen LogP contribution in [0.4, 0.5) is 0 Å². The molecule has 71 heavy (non-hydrogen) atoms. The molecule has 2 atom stereocenters. The Kier molecular flexibility index (Phi) is 18.0. The van der Waals surface area contributed by atoms with Gasteiger partial charge in [0.15, 0.2) is 0 Å². The molecule has 8 rings (SSSR count). The minimum absolute atomic E-state index is 0. The average molecular weight is 985 g/mol. The Morgan fingerprint density at radius 3 is 2.21 bits per heavy atom. The number of carbonyl (C=O) groups is 3. The minimum Gasteiger partial charge on any atom is -0.506 e. The Labute approximate surface area is 421 Å². The number of nitrogens with zero attached hydrogens (tertiary/aromatic N) is 2. The van der Waals surface area contributed by atoms with Crippen LogP contribution in [0.5, 0.6) is 17.2 Å². The number of aliphatic hydroxyl groups excluding tert-OH is 1. The number of hydrogen-bond acceptors (Lipinski definition) is 11. The lowest BCUT2D eigenvalue weighted by atomic mass is 9.86. The van der Waals surface area contributed by atoms with Crippen LogP contribution in [0.3, 0.4) is 0 Å². The number of ether oxygens (including phenoxy) is 3. The monoisotopic (exact) mass is 984 g/mol. The number of carbonyl (C=O) groups excluding carboxylic acids is 3. The largest absolute Gasteiger partial charge is 0.506 e. The van der Waals surface area contributed by atoms with E-state index in [2.05, 4.69) is 39.5 Å². The van der Waals surface area contributed by atoms with Crippen LogP contribution in [-0.4, -0.2) is 101 Å². The molecule has 0 radical (unpaired) electrons. The molecule has 2 aliphatic heterocycles. The summed E-state index contributed by atoms with van der Waals surface area (Å²) in [5.41, 5.74) is 1.74. The van der Waals surface area contributed by atoms with Crippen molar-refractivity contribution in [2.45, 2.75) is 63.2 Å². The first-order chi connectivity index (χ1) is 34.0. The number of aromatic hydroxyl groups is 1. The topological polar surface area (TPSA) is 191 Å². The Morgan fingerprint density at radius 2 is 1.48 bits per heavy atom. The number of amides is 2. The normalized spacial score (nSPS) is 15.8. The number of pyridine rings is 1. The number of aliphatic hydroxyl groups is 2. The first-order valence-electron chi connectivity index (χ1n) is 24.2. The van der Waals surface area contributed by atoms with Gasteiger partial charge < -0.3 is 44.7 Å². The summed E-state index contributed by atoms with van der Waals surface area (Å²) in [5, 5.41) is 36.8. The lowest BCUT2D eigenvalue weighted by Gasteiger charge is -2.33. The molecule has 1 aromatic heterocycles. The van der Waals surface area contributed by atoms with E-state index >= 15 is 0 Å². The second-order valence-corrected chi connectivity index (χ2v) is 18.5. The lowest BCUT2D eigenvalue weighted by Crippen LogP contribution is -2.44. The van der Waals surface area contributed by atoms with Gasteiger partial charge >= 0.3 is 5.97 Å². The van der Waals surface area contributed by atoms with Crippen LogP contribution in [0.15, 0.2) is 132 Å². The van der Waals surface area contributed by atoms with Gasteiger partial charge in [-0.05, 0) is 129 Å². The maximum atomic E-state index is 13.9. The van der Waals surface area contributed by atoms with E-state index in [1.54, 1.807) is 77.7 Å². The van der Waals surface area contributed by atoms with E-state index in [4.69, 9.17) is 14.2 Å². The van der Waals surface area contributed by atoms with Crippen LogP contribution in [0, 0.1) is 11.8 Å². The lowest BCUT2D eigenvalue weighted by molar-refractivity contribution is -0.164. The van der Waals surface area contributed by atoms with Crippen molar-refractivity contribution < 1.29 is 43.9 Å². The number of phenols is 1. The highest BCUT2D eigenvalue weighted by molar-refractivity contribution is 7.59. The number of fused-ring (bicyclic) bond motifs is 1. The van der Waals surface area contributed by atoms with Gasteiger partial charge in [0.2, 0.25) is 17.1 Å². The predicted molar refractivity (Wildman–Crippen MR) is 276 cm³/mol. The number of benzene rings is 5. The van der Waals surface area contributed by atoms with E-state index in [0.29, 0.717) is 90.9 Å². The summed E-state index contributed by atoms with van der Waals surface area (Å²) >= 11 is 0. The second-order valence-electron chi connectivity index (χ2n) is 18.5. The zero-order valence-electron chi connectivity index (χ0n) is 40.1. The Bertz CT molecular complexity index is 2790. The molecule has 2 fully saturated rings. The third kappa shape index (κ3) is 13.0. The third-order valence-corrected chi connectivity index (χ3v) is 13.7. The number of likely N-dealkylation sites (tertiary alicyclic amines) is 2. The Hall–Kier alpha value is -6.65. The average Bonchev–Trinajstić information content (AvgIpc) is 3.39. The van der Waals surface area contributed by atoms with Gasteiger partial charge in [-0.1, -0.05) is 84.9 Å². The van der Waals surface area contributed by atoms with Crippen molar-refractivity contribution >= 4 is 42.2 Å². The number of rotatable bonds is 19. The molecule has 0 bridgehead atoms. The van der Waals surface area contributed by atoms with Gasteiger partial charge in [-0.2, -0.15) is 13.5 Å². The highest BCUT2D eigenvalue weighted by Crippen LogP contribution is 2.35. The van der Waals surface area contributed by atoms with Crippen molar-refractivity contribution in [3.8, 4) is 17.2 Å². The van der Waals surface area contributed by atoms with Crippen molar-refractivity contribution in [1.82, 2.24) is 20.1 Å². The molecule has 2 saturated heterocycles. The highest BCUT2D eigenvalue weighted by Gasteiger charge is 2.42. The van der Waals surface area contributed by atoms with Crippen molar-refractivity contribution in [2.24, 2.45) is 11.8 Å². The van der Waals surface area contributed by atoms with E-state index in [1.165, 1.54) is 24.8 Å². The van der Waals surface area contributed by atoms with Crippen molar-refractivity contribution in [3.63, 3.8) is 0 Å². The Balaban J connectivity index is 0.00000741. The number of aromatic amines is 1. The van der Waals surface area contributed by atoms with Crippen LogP contribution in [0.2, 0.25) is 0 Å². The molecule has 0 saturated carbocycles. The fourth-order valence-corrected chi connectivity index (χ4v) is 9.55. The van der Waals surface area contributed by atoms with E-state index < -0.39 is 23.6 Å². The number of aromatic nitrogens is 1. The van der Waals surface area contributed by atoms with E-state index in [-0.39, 0.29) is 61.2 Å². The summed E-state index contributed by atoms with van der Waals surface area (Å²) in [6.45, 7) is 4.16. The van der Waals surface area contributed by atoms with Crippen LogP contribution in [-0.2, 0) is 32.9 Å². The summed E-state index contributed by atoms with van der Waals surface area (Å²) < 4.78 is 17.7. The number of esters is 1. The van der Waals surface area contributed by atoms with Crippen molar-refractivity contribution in [1.29, 1.82) is 0 Å². The number of piperidine rings is 2. The standard InChI is InChI=1S/C56H62N4O10.H2S/c1-68-50-32-38(12-8-17-48(61)45-20-22-49(62)53-46(45)21-23-51(63)58-53)18-19-47(50)54(65)57-34-52(64)60-30-26-41(27-31-60)36-69-44-16-9-15-43(33-44)56(67,42-13-6-3-7-14-42)55(66)70-37-40-24-28-59(29-25-40)35-39-10-4-2-5-11-39;/h2-7,9-11,13-16,18-23,32-33,40-41,48,61-62,67H,8,12,17,24-31,34-37H2,1H3,(H,57,65)(H,58,63);1H2/t48-,56-;/m0./s1. The SMILES string of the molecule is COc1cc(CCC[C@H](O)c2ccc(O)c3[nH]c(=O)ccc23)ccc1C(=O)NCC(=O)N1CCC(COc2cccc([C@](O)(C(=O)OCC3CCN(Cc4ccccc4)CC3)c3ccccc3)c2)CC1.S. The minimum atomic E-state index is -2.05. The van der Waals surface area contributed by atoms with Gasteiger partial charge in [0.05, 0.1) is 44.1 Å². The summed E-state index contributed by atoms with van der Waals surface area (Å²) in [6, 6.07) is 37.5. The molecule has 0 aliphatic carbocycles. The molecule has 2 aliphatic rings. The third-order valence-electron chi connectivity index (χ3n) is 13.7. The highest BCUT2D eigenvalue weighted by atomic mass is 32.1. The molecule has 6 aromatic rings. The molecule has 15 heteroatoms. The van der Waals surface area contributed by atoms with Gasteiger partial charge in [-0.25, -0.2) is 4.79 Å². The van der Waals surface area contributed by atoms with Crippen molar-refractivity contribution in [3.05, 3.63) is 171 Å². The van der Waals surface area contributed by atoms with Gasteiger partial charge in [0.1, 0.15) is 17.2 Å². The maximum absolute atomic E-state index is 13.9. The van der Waals surface area contributed by atoms with Crippen LogP contribution in [0.25, 0.3) is 10.9 Å². The molecule has 2 amide bonds. The second kappa shape index (κ2) is 24.5. The molecular formula is C56H64N4O10S. The van der Waals surface area contributed by atoms with Crippen molar-refractivity contribution in [2.75, 3.05) is 53.0 Å². The summed E-state index contributed by atoms with van der Waals surface area (Å²) in [7, 11) is 1.48. The molecule has 0 spiro atoms. The molecule has 5 aromatic carbocycles. The quantitative estimate of drug-likeness (QED) is 0.0519. The van der Waals surface area contributed by atoms with E-state index in [0.717, 1.165) is 38.0 Å². The number of methoxy groups -OCH3 is 1. The summed E-state index contributed by atoms with van der Waals surface area (Å²) in [5.74, 6) is -0.183. The first kappa shape index (κ1) is 52.2. The molecule has 14 nitrogen and oxygen atoms in total. The van der Waals surface area contributed by atoms with Gasteiger partial charge in [0.25, 0.3) is 5.91 Å². The van der Waals surface area contributed by atoms with E-state index in [1.807, 2.05) is 18.2 Å². The molecular weight excluding hydrogens is 921 g/mol. The molecule has 0 unspecified atom stereocenters. The summed E-state index contributed by atoms with van der Waals surface area (Å²) in [4.78, 5) is 59.0. The fourth-order valence-electron chi connectivity index (χ4n) is 9.55. The maximum Gasteiger partial charge on any atom is 0.347 e. The number of nitrogens with one attached hydrogen (secondary N) is 2.